The Balaban J connectivity index is 5.36. The van der Waals surface area contributed by atoms with E-state index in [9.17, 15) is 38.7 Å². The van der Waals surface area contributed by atoms with Gasteiger partial charge in [0.2, 0.25) is 35.4 Å². The predicted molar refractivity (Wildman–Crippen MR) is 209 cm³/mol. The maximum Gasteiger partial charge on any atom is 0.305 e. The molecule has 7 N–H and O–H groups in total. The molecule has 0 aromatic rings. The van der Waals surface area contributed by atoms with E-state index in [1.807, 2.05) is 41.5 Å². The number of carboxylic acids is 1. The van der Waals surface area contributed by atoms with Gasteiger partial charge in [0.25, 0.3) is 0 Å². The van der Waals surface area contributed by atoms with Crippen LogP contribution in [0.4, 0.5) is 0 Å². The number of hydrogen-bond donors (Lipinski definition) is 7. The van der Waals surface area contributed by atoms with E-state index in [0.717, 1.165) is 0 Å². The molecule has 16 nitrogen and oxygen atoms in total. The highest BCUT2D eigenvalue weighted by Crippen LogP contribution is 2.11. The standard InChI is InChI=1S/C39H68N6O10/c1-11-13-54-22-30(43-37(50)20-32(25(5)6)41-28(10)46)17-35(48)40-27(9)16-34(47)45-33(26(7)8)21-38(51)44-31(23-55-14-12-2)18-36(49)42-29(15-24(3)4)19-39(52)53/h11-12,24-27,29-33H,1-2,13-23H2,3-10H3,(H,40,48)(H,41,46)(H,42,49)(H,43,50)(H,44,51)(H,45,47)(H,52,53)/t27-,29+,30+,31+,32+,33+/m0/s1. The van der Waals surface area contributed by atoms with Crippen LogP contribution in [-0.4, -0.2) is 109 Å². The van der Waals surface area contributed by atoms with E-state index >= 15 is 0 Å². The van der Waals surface area contributed by atoms with Gasteiger partial charge < -0.3 is 46.5 Å². The summed E-state index contributed by atoms with van der Waals surface area (Å²) in [5, 5.41) is 26.1. The Morgan fingerprint density at radius 2 is 0.945 bits per heavy atom. The van der Waals surface area contributed by atoms with E-state index in [-0.39, 0.29) is 101 Å². The highest BCUT2D eigenvalue weighted by Gasteiger charge is 2.26. The van der Waals surface area contributed by atoms with Crippen LogP contribution in [0.1, 0.15) is 100 Å². The second-order valence-electron chi connectivity index (χ2n) is 15.1. The average molecular weight is 781 g/mol. The number of ether oxygens (including phenoxy) is 2. The zero-order valence-corrected chi connectivity index (χ0v) is 34.2. The van der Waals surface area contributed by atoms with E-state index in [1.165, 1.54) is 13.0 Å². The molecule has 0 aromatic carbocycles. The fourth-order valence-corrected chi connectivity index (χ4v) is 5.67. The number of nitrogens with one attached hydrogen (secondary N) is 6. The lowest BCUT2D eigenvalue weighted by Crippen LogP contribution is -2.48. The Labute approximate surface area is 327 Å². The summed E-state index contributed by atoms with van der Waals surface area (Å²) < 4.78 is 11.0. The summed E-state index contributed by atoms with van der Waals surface area (Å²) in [4.78, 5) is 87.9. The van der Waals surface area contributed by atoms with Crippen LogP contribution in [0.15, 0.2) is 25.3 Å². The van der Waals surface area contributed by atoms with Gasteiger partial charge in [-0.2, -0.15) is 0 Å². The van der Waals surface area contributed by atoms with Crippen LogP contribution >= 0.6 is 0 Å². The molecule has 0 spiro atoms. The third-order valence-electron chi connectivity index (χ3n) is 8.30. The summed E-state index contributed by atoms with van der Waals surface area (Å²) in [5.41, 5.74) is 0. The second kappa shape index (κ2) is 28.1. The highest BCUT2D eigenvalue weighted by molar-refractivity contribution is 5.83. The first-order valence-corrected chi connectivity index (χ1v) is 19.1. The third-order valence-corrected chi connectivity index (χ3v) is 8.30. The van der Waals surface area contributed by atoms with Crippen molar-refractivity contribution in [3.63, 3.8) is 0 Å². The summed E-state index contributed by atoms with van der Waals surface area (Å²) in [6.45, 7) is 22.1. The Morgan fingerprint density at radius 1 is 0.545 bits per heavy atom. The van der Waals surface area contributed by atoms with Crippen LogP contribution in [0.5, 0.6) is 0 Å². The lowest BCUT2D eigenvalue weighted by molar-refractivity contribution is -0.138. The minimum Gasteiger partial charge on any atom is -0.481 e. The third kappa shape index (κ3) is 26.2. The molecule has 0 aliphatic heterocycles. The van der Waals surface area contributed by atoms with Gasteiger partial charge >= 0.3 is 5.97 Å². The van der Waals surface area contributed by atoms with Crippen LogP contribution < -0.4 is 31.9 Å². The van der Waals surface area contributed by atoms with Gasteiger partial charge in [-0.15, -0.1) is 13.2 Å². The summed E-state index contributed by atoms with van der Waals surface area (Å²) in [7, 11) is 0. The summed E-state index contributed by atoms with van der Waals surface area (Å²) in [5.74, 6) is -3.27. The van der Waals surface area contributed by atoms with Crippen LogP contribution in [0.25, 0.3) is 0 Å². The fraction of sp³-hybridized carbons (Fsp3) is 0.718. The molecule has 0 aromatic heterocycles. The first kappa shape index (κ1) is 50.7. The summed E-state index contributed by atoms with van der Waals surface area (Å²) >= 11 is 0. The van der Waals surface area contributed by atoms with E-state index < -0.39 is 59.8 Å². The zero-order valence-electron chi connectivity index (χ0n) is 34.2. The first-order chi connectivity index (χ1) is 25.7. The molecule has 0 aliphatic carbocycles. The number of carboxylic acid groups (broad SMARTS) is 1. The van der Waals surface area contributed by atoms with Crippen molar-refractivity contribution in [2.45, 2.75) is 137 Å². The molecule has 55 heavy (non-hydrogen) atoms. The predicted octanol–water partition coefficient (Wildman–Crippen LogP) is 2.12. The molecular formula is C39H68N6O10. The Kier molecular flexibility index (Phi) is 25.9. The maximum atomic E-state index is 13.2. The minimum atomic E-state index is -1.03. The van der Waals surface area contributed by atoms with Crippen LogP contribution in [-0.2, 0) is 43.0 Å². The van der Waals surface area contributed by atoms with Gasteiger partial charge in [-0.1, -0.05) is 53.7 Å². The highest BCUT2D eigenvalue weighted by atomic mass is 16.5. The van der Waals surface area contributed by atoms with Crippen LogP contribution in [0.3, 0.4) is 0 Å². The lowest BCUT2D eigenvalue weighted by atomic mass is 9.99. The largest absolute Gasteiger partial charge is 0.481 e. The quantitative estimate of drug-likeness (QED) is 0.0415. The van der Waals surface area contributed by atoms with Crippen molar-refractivity contribution in [1.29, 1.82) is 0 Å². The van der Waals surface area contributed by atoms with Crippen molar-refractivity contribution in [2.24, 2.45) is 17.8 Å². The molecule has 6 atom stereocenters. The molecule has 0 rings (SSSR count). The van der Waals surface area contributed by atoms with Gasteiger partial charge in [0.05, 0.1) is 44.9 Å². The molecule has 0 saturated carbocycles. The fourth-order valence-electron chi connectivity index (χ4n) is 5.67. The SMILES string of the molecule is C=CCOC[C@@H](CC(=O)N[C@@H](CC(=O)O)CC(C)C)NC(=O)C[C@@H](NC(=O)C[C@H](C)NC(=O)C[C@H](COCC=C)NC(=O)C[C@@H](NC(C)=O)C(C)C)C(C)C. The topological polar surface area (TPSA) is 230 Å². The zero-order chi connectivity index (χ0) is 42.1. The van der Waals surface area contributed by atoms with Gasteiger partial charge in [-0.3, -0.25) is 33.6 Å². The molecule has 314 valence electrons. The molecule has 16 heteroatoms. The van der Waals surface area contributed by atoms with Gasteiger partial charge in [0, 0.05) is 63.2 Å². The van der Waals surface area contributed by atoms with Crippen molar-refractivity contribution < 1.29 is 48.1 Å². The smallest absolute Gasteiger partial charge is 0.305 e. The van der Waals surface area contributed by atoms with Crippen molar-refractivity contribution in [2.75, 3.05) is 26.4 Å². The molecule has 0 heterocycles. The molecule has 0 fully saturated rings. The molecule has 6 amide bonds. The van der Waals surface area contributed by atoms with Crippen LogP contribution in [0.2, 0.25) is 0 Å². The van der Waals surface area contributed by atoms with E-state index in [2.05, 4.69) is 45.1 Å². The molecule has 0 radical (unpaired) electrons. The Bertz CT molecular complexity index is 1260. The number of carbonyl (C=O) groups is 7. The van der Waals surface area contributed by atoms with E-state index in [0.29, 0.717) is 6.42 Å². The number of hydrogen-bond acceptors (Lipinski definition) is 9. The summed E-state index contributed by atoms with van der Waals surface area (Å²) in [6.07, 6.45) is 2.91. The normalized spacial score (nSPS) is 14.5. The summed E-state index contributed by atoms with van der Waals surface area (Å²) in [6, 6.07) is -3.50. The molecular weight excluding hydrogens is 712 g/mol. The molecule has 0 aliphatic rings. The molecule has 0 unspecified atom stereocenters. The number of aliphatic carboxylic acids is 1. The van der Waals surface area contributed by atoms with Gasteiger partial charge in [-0.25, -0.2) is 0 Å². The number of amides is 6. The average Bonchev–Trinajstić information content (AvgIpc) is 3.02. The first-order valence-electron chi connectivity index (χ1n) is 19.1. The minimum absolute atomic E-state index is 0.00281. The monoisotopic (exact) mass is 780 g/mol. The van der Waals surface area contributed by atoms with Gasteiger partial charge in [-0.05, 0) is 31.1 Å². The number of carbonyl (C=O) groups excluding carboxylic acids is 6. The Morgan fingerprint density at radius 3 is 1.35 bits per heavy atom. The lowest BCUT2D eigenvalue weighted by Gasteiger charge is -2.26. The number of rotatable bonds is 30. The van der Waals surface area contributed by atoms with Crippen LogP contribution in [0, 0.1) is 17.8 Å². The van der Waals surface area contributed by atoms with Gasteiger partial charge in [0.1, 0.15) is 0 Å². The van der Waals surface area contributed by atoms with Crippen molar-refractivity contribution in [3.05, 3.63) is 25.3 Å². The van der Waals surface area contributed by atoms with Crippen molar-refractivity contribution >= 4 is 41.4 Å². The Hall–Kier alpha value is -4.31. The van der Waals surface area contributed by atoms with E-state index in [4.69, 9.17) is 9.47 Å². The maximum absolute atomic E-state index is 13.2. The van der Waals surface area contributed by atoms with Crippen molar-refractivity contribution in [1.82, 2.24) is 31.9 Å². The molecule has 0 bridgehead atoms. The molecule has 0 saturated heterocycles. The second-order valence-corrected chi connectivity index (χ2v) is 15.1. The van der Waals surface area contributed by atoms with Gasteiger partial charge in [0.15, 0.2) is 0 Å². The van der Waals surface area contributed by atoms with E-state index in [1.54, 1.807) is 13.0 Å². The van der Waals surface area contributed by atoms with Crippen molar-refractivity contribution in [3.8, 4) is 0 Å².